The Morgan fingerprint density at radius 1 is 1.11 bits per heavy atom. The highest BCUT2D eigenvalue weighted by molar-refractivity contribution is 5.84. The molecule has 0 unspecified atom stereocenters. The molecule has 0 aliphatic carbocycles. The van der Waals surface area contributed by atoms with Crippen LogP contribution in [0.3, 0.4) is 0 Å². The van der Waals surface area contributed by atoms with Gasteiger partial charge in [0.15, 0.2) is 11.5 Å². The molecule has 1 aliphatic heterocycles. The molecule has 1 aliphatic rings. The lowest BCUT2D eigenvalue weighted by molar-refractivity contribution is 0.174. The number of benzene rings is 2. The minimum absolute atomic E-state index is 0.108. The van der Waals surface area contributed by atoms with E-state index in [0.717, 1.165) is 10.1 Å². The summed E-state index contributed by atoms with van der Waals surface area (Å²) in [6, 6.07) is 14.2. The fourth-order valence-corrected chi connectivity index (χ4v) is 2.71. The van der Waals surface area contributed by atoms with Gasteiger partial charge in [0.1, 0.15) is 5.56 Å². The highest BCUT2D eigenvalue weighted by Gasteiger charge is 2.15. The number of nitrogens with one attached hydrogen (secondary N) is 1. The molecule has 4 rings (SSSR count). The Labute approximate surface area is 153 Å². The number of aromatic hydroxyl groups is 1. The van der Waals surface area contributed by atoms with Crippen molar-refractivity contribution in [3.8, 4) is 17.4 Å². The lowest BCUT2D eigenvalue weighted by Crippen LogP contribution is -2.32. The van der Waals surface area contributed by atoms with Crippen LogP contribution in [-0.2, 0) is 6.54 Å². The zero-order valence-corrected chi connectivity index (χ0v) is 14.1. The van der Waals surface area contributed by atoms with Gasteiger partial charge in [-0.1, -0.05) is 30.3 Å². The Morgan fingerprint density at radius 3 is 2.70 bits per heavy atom. The summed E-state index contributed by atoms with van der Waals surface area (Å²) < 4.78 is 11.6. The van der Waals surface area contributed by atoms with Gasteiger partial charge in [0, 0.05) is 12.3 Å². The molecule has 1 aromatic heterocycles. The highest BCUT2D eigenvalue weighted by atomic mass is 16.7. The number of hydrogen-bond acceptors (Lipinski definition) is 6. The van der Waals surface area contributed by atoms with Crippen molar-refractivity contribution in [2.75, 3.05) is 6.79 Å². The molecule has 136 valence electrons. The molecular formula is C19H15N3O5. The molecule has 3 aromatic rings. The molecule has 0 bridgehead atoms. The van der Waals surface area contributed by atoms with Crippen molar-refractivity contribution < 1.29 is 14.6 Å². The second kappa shape index (κ2) is 6.83. The van der Waals surface area contributed by atoms with Crippen LogP contribution in [0.25, 0.3) is 0 Å². The number of aromatic amines is 1. The number of aromatic nitrogens is 2. The molecule has 0 radical (unpaired) electrons. The Balaban J connectivity index is 1.69. The molecule has 2 N–H and O–H groups in total. The predicted molar refractivity (Wildman–Crippen MR) is 98.4 cm³/mol. The van der Waals surface area contributed by atoms with E-state index in [4.69, 9.17) is 9.47 Å². The second-order valence-electron chi connectivity index (χ2n) is 5.86. The first kappa shape index (κ1) is 16.6. The lowest BCUT2D eigenvalue weighted by atomic mass is 10.2. The maximum Gasteiger partial charge on any atom is 0.331 e. The summed E-state index contributed by atoms with van der Waals surface area (Å²) in [5.74, 6) is 0.722. The number of aliphatic imine (C=N–C) groups is 1. The maximum absolute atomic E-state index is 12.1. The summed E-state index contributed by atoms with van der Waals surface area (Å²) in [5, 5.41) is 10.5. The third-order valence-electron chi connectivity index (χ3n) is 4.09. The van der Waals surface area contributed by atoms with Crippen LogP contribution in [0.4, 0.5) is 5.69 Å². The average Bonchev–Trinajstić information content (AvgIpc) is 3.13. The van der Waals surface area contributed by atoms with Crippen LogP contribution >= 0.6 is 0 Å². The smallest absolute Gasteiger partial charge is 0.331 e. The molecule has 8 nitrogen and oxygen atoms in total. The van der Waals surface area contributed by atoms with Gasteiger partial charge in [-0.15, -0.1) is 0 Å². The normalized spacial score (nSPS) is 12.6. The average molecular weight is 365 g/mol. The summed E-state index contributed by atoms with van der Waals surface area (Å²) in [5.41, 5.74) is -0.199. The number of H-pyrrole nitrogens is 1. The minimum atomic E-state index is -0.716. The molecule has 27 heavy (non-hydrogen) atoms. The van der Waals surface area contributed by atoms with Crippen molar-refractivity contribution in [2.45, 2.75) is 6.54 Å². The second-order valence-corrected chi connectivity index (χ2v) is 5.86. The largest absolute Gasteiger partial charge is 0.494 e. The van der Waals surface area contributed by atoms with Crippen molar-refractivity contribution in [3.05, 3.63) is 80.5 Å². The Bertz CT molecular complexity index is 1130. The highest BCUT2D eigenvalue weighted by Crippen LogP contribution is 2.35. The van der Waals surface area contributed by atoms with Crippen molar-refractivity contribution >= 4 is 11.9 Å². The van der Waals surface area contributed by atoms with Crippen LogP contribution in [0.1, 0.15) is 11.1 Å². The third-order valence-corrected chi connectivity index (χ3v) is 4.09. The van der Waals surface area contributed by atoms with Crippen LogP contribution in [0, 0.1) is 0 Å². The van der Waals surface area contributed by atoms with Crippen LogP contribution in [0.2, 0.25) is 0 Å². The summed E-state index contributed by atoms with van der Waals surface area (Å²) in [6.45, 7) is 0.264. The van der Waals surface area contributed by atoms with E-state index in [1.54, 1.807) is 18.2 Å². The van der Waals surface area contributed by atoms with Crippen molar-refractivity contribution in [3.63, 3.8) is 0 Å². The van der Waals surface area contributed by atoms with Gasteiger partial charge in [-0.2, -0.15) is 0 Å². The molecule has 0 amide bonds. The van der Waals surface area contributed by atoms with Crippen LogP contribution in [0.15, 0.2) is 63.1 Å². The van der Waals surface area contributed by atoms with E-state index in [1.807, 2.05) is 30.3 Å². The molecule has 8 heteroatoms. The molecule has 0 spiro atoms. The van der Waals surface area contributed by atoms with Gasteiger partial charge in [-0.05, 0) is 17.7 Å². The van der Waals surface area contributed by atoms with Crippen LogP contribution in [-0.4, -0.2) is 27.7 Å². The molecule has 0 atom stereocenters. The van der Waals surface area contributed by atoms with Gasteiger partial charge in [-0.25, -0.2) is 4.79 Å². The molecule has 2 aromatic carbocycles. The first-order chi connectivity index (χ1) is 13.1. The quantitative estimate of drug-likeness (QED) is 0.686. The van der Waals surface area contributed by atoms with E-state index in [1.165, 1.54) is 6.21 Å². The van der Waals surface area contributed by atoms with E-state index in [-0.39, 0.29) is 18.9 Å². The number of ether oxygens (including phenoxy) is 2. The maximum atomic E-state index is 12.1. The van der Waals surface area contributed by atoms with Gasteiger partial charge in [0.2, 0.25) is 12.7 Å². The van der Waals surface area contributed by atoms with E-state index in [2.05, 4.69) is 9.98 Å². The first-order valence-electron chi connectivity index (χ1n) is 8.15. The molecular weight excluding hydrogens is 350 g/mol. The molecule has 0 saturated heterocycles. The number of nitrogens with zero attached hydrogens (tertiary/aromatic N) is 2. The van der Waals surface area contributed by atoms with Crippen LogP contribution < -0.4 is 20.7 Å². The lowest BCUT2D eigenvalue weighted by Gasteiger charge is -2.09. The fourth-order valence-electron chi connectivity index (χ4n) is 2.71. The fraction of sp³-hybridized carbons (Fsp3) is 0.105. The van der Waals surface area contributed by atoms with Crippen molar-refractivity contribution in [1.29, 1.82) is 0 Å². The van der Waals surface area contributed by atoms with Gasteiger partial charge in [0.05, 0.1) is 12.2 Å². The summed E-state index contributed by atoms with van der Waals surface area (Å²) in [7, 11) is 0. The van der Waals surface area contributed by atoms with Gasteiger partial charge in [0.25, 0.3) is 5.56 Å². The number of rotatable bonds is 4. The standard InChI is InChI=1S/C19H15N3O5/c23-17-14(9-20-13-6-7-15-16(8-13)27-11-26-15)18(24)22(19(25)21-17)10-12-4-2-1-3-5-12/h1-9,24H,10-11H2,(H,21,23,25). The van der Waals surface area contributed by atoms with E-state index in [0.29, 0.717) is 17.2 Å². The Hall–Kier alpha value is -3.81. The Kier molecular flexibility index (Phi) is 4.21. The summed E-state index contributed by atoms with van der Waals surface area (Å²) in [4.78, 5) is 30.6. The number of hydrogen-bond donors (Lipinski definition) is 2. The van der Waals surface area contributed by atoms with Crippen molar-refractivity contribution in [2.24, 2.45) is 4.99 Å². The molecule has 0 fully saturated rings. The van der Waals surface area contributed by atoms with E-state index < -0.39 is 17.1 Å². The van der Waals surface area contributed by atoms with Gasteiger partial charge < -0.3 is 14.6 Å². The summed E-state index contributed by atoms with van der Waals surface area (Å²) in [6.07, 6.45) is 1.21. The molecule has 2 heterocycles. The Morgan fingerprint density at radius 2 is 1.89 bits per heavy atom. The summed E-state index contributed by atoms with van der Waals surface area (Å²) >= 11 is 0. The van der Waals surface area contributed by atoms with Crippen molar-refractivity contribution in [1.82, 2.24) is 9.55 Å². The molecule has 0 saturated carbocycles. The topological polar surface area (TPSA) is 106 Å². The van der Waals surface area contributed by atoms with Gasteiger partial charge in [-0.3, -0.25) is 19.3 Å². The SMILES string of the molecule is O=c1[nH]c(=O)n(Cc2ccccc2)c(O)c1C=Nc1ccc2c(c1)OCO2. The number of fused-ring (bicyclic) bond motifs is 1. The minimum Gasteiger partial charge on any atom is -0.494 e. The van der Waals surface area contributed by atoms with Crippen LogP contribution in [0.5, 0.6) is 17.4 Å². The first-order valence-corrected chi connectivity index (χ1v) is 8.15. The zero-order chi connectivity index (χ0) is 18.8. The van der Waals surface area contributed by atoms with E-state index >= 15 is 0 Å². The van der Waals surface area contributed by atoms with Gasteiger partial charge >= 0.3 is 5.69 Å². The van der Waals surface area contributed by atoms with E-state index in [9.17, 15) is 14.7 Å². The predicted octanol–water partition coefficient (Wildman–Crippen LogP) is 1.77. The third kappa shape index (κ3) is 3.32. The zero-order valence-electron chi connectivity index (χ0n) is 14.1. The monoisotopic (exact) mass is 365 g/mol.